The van der Waals surface area contributed by atoms with Crippen LogP contribution in [0.25, 0.3) is 11.0 Å². The van der Waals surface area contributed by atoms with E-state index in [0.29, 0.717) is 18.0 Å². The van der Waals surface area contributed by atoms with E-state index in [2.05, 4.69) is 20.1 Å². The molecule has 12 nitrogen and oxygen atoms in total. The second-order valence-electron chi connectivity index (χ2n) is 12.0. The first kappa shape index (κ1) is 35.8. The SMILES string of the molecule is Cc1cn(CCOCP(=O)(N[C@@H](Cc2ccccc2)C(=O)OC(C)C)N[C@@H](Cc2ccccc2)C(=O)OC(C)C)c2ncnc(N)c12. The number of nitrogens with zero attached hydrogens (tertiary/aromatic N) is 3. The minimum absolute atomic E-state index is 0.153. The van der Waals surface area contributed by atoms with Gasteiger partial charge in [-0.05, 0) is 64.2 Å². The van der Waals surface area contributed by atoms with Gasteiger partial charge in [-0.2, -0.15) is 0 Å². The van der Waals surface area contributed by atoms with Gasteiger partial charge in [-0.25, -0.2) is 20.1 Å². The van der Waals surface area contributed by atoms with Crippen LogP contribution in [-0.2, 0) is 47.8 Å². The van der Waals surface area contributed by atoms with Crippen LogP contribution in [0, 0.1) is 6.92 Å². The normalized spacial score (nSPS) is 13.2. The molecule has 0 radical (unpaired) electrons. The molecule has 2 aromatic carbocycles. The summed E-state index contributed by atoms with van der Waals surface area (Å²) in [4.78, 5) is 35.2. The van der Waals surface area contributed by atoms with Crippen molar-refractivity contribution in [1.29, 1.82) is 0 Å². The quantitative estimate of drug-likeness (QED) is 0.0809. The second kappa shape index (κ2) is 16.6. The van der Waals surface area contributed by atoms with Gasteiger partial charge in [-0.3, -0.25) is 14.2 Å². The van der Waals surface area contributed by atoms with Gasteiger partial charge in [0.15, 0.2) is 0 Å². The van der Waals surface area contributed by atoms with Gasteiger partial charge in [0.2, 0.25) is 7.44 Å². The number of fused-ring (bicyclic) bond motifs is 1. The van der Waals surface area contributed by atoms with E-state index in [1.165, 1.54) is 6.33 Å². The van der Waals surface area contributed by atoms with E-state index in [9.17, 15) is 14.2 Å². The number of esters is 2. The molecule has 4 rings (SSSR count). The second-order valence-corrected chi connectivity index (χ2v) is 14.2. The van der Waals surface area contributed by atoms with E-state index in [0.717, 1.165) is 22.1 Å². The van der Waals surface area contributed by atoms with Crippen molar-refractivity contribution in [2.24, 2.45) is 0 Å². The summed E-state index contributed by atoms with van der Waals surface area (Å²) in [7, 11) is -3.85. The fourth-order valence-electron chi connectivity index (χ4n) is 5.18. The maximum atomic E-state index is 14.9. The zero-order chi connectivity index (χ0) is 34.0. The van der Waals surface area contributed by atoms with Crippen molar-refractivity contribution in [2.75, 3.05) is 18.7 Å². The Morgan fingerprint density at radius 1 is 0.851 bits per heavy atom. The predicted molar refractivity (Wildman–Crippen MR) is 182 cm³/mol. The highest BCUT2D eigenvalue weighted by Gasteiger charge is 2.36. The molecule has 0 saturated carbocycles. The number of nitrogen functional groups attached to an aromatic ring is 1. The Morgan fingerprint density at radius 2 is 1.36 bits per heavy atom. The fraction of sp³-hybridized carbons (Fsp3) is 0.412. The lowest BCUT2D eigenvalue weighted by molar-refractivity contribution is -0.150. The number of carbonyl (C=O) groups excluding carboxylic acids is 2. The lowest BCUT2D eigenvalue weighted by Gasteiger charge is -2.29. The van der Waals surface area contributed by atoms with E-state index in [1.54, 1.807) is 27.7 Å². The van der Waals surface area contributed by atoms with E-state index in [-0.39, 0.29) is 25.8 Å². The summed E-state index contributed by atoms with van der Waals surface area (Å²) in [5.41, 5.74) is 9.34. The standard InChI is InChI=1S/C34H45N6O6P/c1-23(2)45-33(41)28(18-26-12-8-6-9-13-26)38-47(43,39-29(34(42)46-24(3)4)19-27-14-10-7-11-15-27)22-44-17-16-40-20-25(5)30-31(35)36-21-37-32(30)40/h6-15,20-21,23-24,28-29H,16-19,22H2,1-5H3,(H2,35,36,37)(H2,38,39,43)/t28-,29-/m0/s1. The minimum Gasteiger partial charge on any atom is -0.462 e. The van der Waals surface area contributed by atoms with Crippen molar-refractivity contribution in [3.05, 3.63) is 89.9 Å². The molecule has 0 amide bonds. The van der Waals surface area contributed by atoms with Crippen molar-refractivity contribution < 1.29 is 28.4 Å². The van der Waals surface area contributed by atoms with Gasteiger partial charge < -0.3 is 24.5 Å². The van der Waals surface area contributed by atoms with Crippen molar-refractivity contribution in [2.45, 2.75) is 78.3 Å². The largest absolute Gasteiger partial charge is 0.462 e. The highest BCUT2D eigenvalue weighted by Crippen LogP contribution is 2.39. The molecule has 0 saturated heterocycles. The highest BCUT2D eigenvalue weighted by molar-refractivity contribution is 7.59. The van der Waals surface area contributed by atoms with Gasteiger partial charge in [0.1, 0.15) is 36.2 Å². The molecule has 2 heterocycles. The summed E-state index contributed by atoms with van der Waals surface area (Å²) >= 11 is 0. The molecule has 2 aromatic heterocycles. The summed E-state index contributed by atoms with van der Waals surface area (Å²) in [6.07, 6.45) is 2.60. The van der Waals surface area contributed by atoms with Crippen LogP contribution in [0.2, 0.25) is 0 Å². The number of hydrogen-bond acceptors (Lipinski definition) is 9. The molecule has 0 spiro atoms. The van der Waals surface area contributed by atoms with Gasteiger partial charge in [0.25, 0.3) is 0 Å². The van der Waals surface area contributed by atoms with Crippen LogP contribution < -0.4 is 15.9 Å². The first-order chi connectivity index (χ1) is 22.4. The van der Waals surface area contributed by atoms with Gasteiger partial charge in [0, 0.05) is 12.7 Å². The number of aryl methyl sites for hydroxylation is 1. The number of carbonyl (C=O) groups is 2. The Bertz CT molecular complexity index is 1590. The van der Waals surface area contributed by atoms with E-state index >= 15 is 0 Å². The molecule has 0 fully saturated rings. The molecular formula is C34H45N6O6P. The third-order valence-electron chi connectivity index (χ3n) is 7.19. The molecule has 13 heteroatoms. The Labute approximate surface area is 275 Å². The Hall–Kier alpha value is -4.09. The number of ether oxygens (including phenoxy) is 3. The summed E-state index contributed by atoms with van der Waals surface area (Å²) in [6.45, 7) is 9.46. The molecule has 2 atom stereocenters. The lowest BCUT2D eigenvalue weighted by Crippen LogP contribution is -2.47. The van der Waals surface area contributed by atoms with E-state index < -0.39 is 43.7 Å². The molecule has 0 unspecified atom stereocenters. The summed E-state index contributed by atoms with van der Waals surface area (Å²) in [5, 5.41) is 6.85. The monoisotopic (exact) mass is 664 g/mol. The number of nitrogens with one attached hydrogen (secondary N) is 2. The Balaban J connectivity index is 1.61. The number of nitrogens with two attached hydrogens (primary N) is 1. The molecule has 47 heavy (non-hydrogen) atoms. The topological polar surface area (TPSA) is 160 Å². The number of benzene rings is 2. The van der Waals surface area contributed by atoms with Crippen LogP contribution in [-0.4, -0.2) is 63.7 Å². The molecule has 0 aliphatic rings. The van der Waals surface area contributed by atoms with Crippen LogP contribution in [0.3, 0.4) is 0 Å². The minimum atomic E-state index is -3.85. The molecule has 0 aliphatic carbocycles. The van der Waals surface area contributed by atoms with Crippen LogP contribution in [0.4, 0.5) is 5.82 Å². The highest BCUT2D eigenvalue weighted by atomic mass is 31.2. The Morgan fingerprint density at radius 3 is 1.85 bits per heavy atom. The maximum Gasteiger partial charge on any atom is 0.324 e. The number of hydrogen-bond donors (Lipinski definition) is 3. The molecule has 4 aromatic rings. The average Bonchev–Trinajstić information content (AvgIpc) is 3.35. The summed E-state index contributed by atoms with van der Waals surface area (Å²) in [6, 6.07) is 16.7. The zero-order valence-electron chi connectivity index (χ0n) is 27.6. The van der Waals surface area contributed by atoms with Crippen molar-refractivity contribution in [1.82, 2.24) is 24.7 Å². The fourth-order valence-corrected chi connectivity index (χ4v) is 7.19. The lowest BCUT2D eigenvalue weighted by atomic mass is 10.1. The number of aromatic nitrogens is 3. The summed E-state index contributed by atoms with van der Waals surface area (Å²) in [5.74, 6) is -0.746. The van der Waals surface area contributed by atoms with Crippen LogP contribution in [0.5, 0.6) is 0 Å². The maximum absolute atomic E-state index is 14.9. The zero-order valence-corrected chi connectivity index (χ0v) is 28.5. The van der Waals surface area contributed by atoms with Crippen LogP contribution in [0.15, 0.2) is 73.2 Å². The molecule has 0 bridgehead atoms. The van der Waals surface area contributed by atoms with Crippen molar-refractivity contribution in [3.8, 4) is 0 Å². The third kappa shape index (κ3) is 10.5. The third-order valence-corrected chi connectivity index (χ3v) is 9.19. The smallest absolute Gasteiger partial charge is 0.324 e. The molecule has 0 aliphatic heterocycles. The first-order valence-corrected chi connectivity index (χ1v) is 17.6. The predicted octanol–water partition coefficient (Wildman–Crippen LogP) is 4.79. The van der Waals surface area contributed by atoms with Crippen molar-refractivity contribution >= 4 is 36.2 Å². The van der Waals surface area contributed by atoms with E-state index in [1.807, 2.05) is 78.4 Å². The van der Waals surface area contributed by atoms with Gasteiger partial charge >= 0.3 is 11.9 Å². The molecule has 252 valence electrons. The average molecular weight is 665 g/mol. The first-order valence-electron chi connectivity index (χ1n) is 15.7. The molecular weight excluding hydrogens is 619 g/mol. The summed E-state index contributed by atoms with van der Waals surface area (Å²) < 4.78 is 33.9. The van der Waals surface area contributed by atoms with Crippen molar-refractivity contribution in [3.63, 3.8) is 0 Å². The number of rotatable bonds is 17. The van der Waals surface area contributed by atoms with Gasteiger partial charge in [0.05, 0.1) is 24.2 Å². The van der Waals surface area contributed by atoms with Crippen LogP contribution in [0.1, 0.15) is 44.4 Å². The van der Waals surface area contributed by atoms with Crippen LogP contribution >= 0.6 is 7.44 Å². The number of anilines is 1. The van der Waals surface area contributed by atoms with E-state index in [4.69, 9.17) is 19.9 Å². The van der Waals surface area contributed by atoms with Gasteiger partial charge in [-0.15, -0.1) is 0 Å². The Kier molecular flexibility index (Phi) is 12.7. The van der Waals surface area contributed by atoms with Gasteiger partial charge in [-0.1, -0.05) is 60.7 Å². The molecule has 4 N–H and O–H groups in total.